The molecule has 0 fully saturated rings. The van der Waals surface area contributed by atoms with Crippen LogP contribution in [0.4, 0.5) is 0 Å². The van der Waals surface area contributed by atoms with E-state index >= 15 is 0 Å². The van der Waals surface area contributed by atoms with Crippen molar-refractivity contribution in [2.75, 3.05) is 0 Å². The van der Waals surface area contributed by atoms with Gasteiger partial charge in [0.15, 0.2) is 0 Å². The van der Waals surface area contributed by atoms with Gasteiger partial charge in [-0.25, -0.2) is 0 Å². The molecule has 0 N–H and O–H groups in total. The molecular formula is C8H11OSi. The first-order valence-corrected chi connectivity index (χ1v) is 6.20. The predicted molar refractivity (Wildman–Crippen MR) is 44.8 cm³/mol. The van der Waals surface area contributed by atoms with Crippen LogP contribution in [0.25, 0.3) is 0 Å². The van der Waals surface area contributed by atoms with Gasteiger partial charge in [0, 0.05) is 6.07 Å². The lowest BCUT2D eigenvalue weighted by Crippen LogP contribution is -2.10. The highest BCUT2D eigenvalue weighted by atomic mass is 28.3. The van der Waals surface area contributed by atoms with E-state index in [0.717, 1.165) is 5.75 Å². The van der Waals surface area contributed by atoms with E-state index < -0.39 is 9.04 Å². The molecule has 53 valence electrons. The number of rotatable bonds is 2. The molecule has 10 heavy (non-hydrogen) atoms. The number of hydrogen-bond acceptors (Lipinski definition) is 1. The smallest absolute Gasteiger partial charge is 0.229 e. The zero-order valence-corrected chi connectivity index (χ0v) is 7.45. The van der Waals surface area contributed by atoms with Crippen LogP contribution in [0.3, 0.4) is 0 Å². The molecule has 0 heterocycles. The molecule has 0 aliphatic heterocycles. The van der Waals surface area contributed by atoms with Crippen molar-refractivity contribution in [2.24, 2.45) is 0 Å². The minimum absolute atomic E-state index is 0.879. The van der Waals surface area contributed by atoms with Gasteiger partial charge < -0.3 is 4.43 Å². The molecule has 0 aliphatic rings. The maximum absolute atomic E-state index is 5.50. The zero-order chi connectivity index (χ0) is 7.40. The van der Waals surface area contributed by atoms with E-state index in [1.54, 1.807) is 0 Å². The third-order valence-corrected chi connectivity index (χ3v) is 1.77. The van der Waals surface area contributed by atoms with Crippen molar-refractivity contribution in [1.29, 1.82) is 0 Å². The molecule has 0 amide bonds. The van der Waals surface area contributed by atoms with Gasteiger partial charge in [0.25, 0.3) is 0 Å². The number of benzene rings is 1. The molecule has 0 unspecified atom stereocenters. The van der Waals surface area contributed by atoms with Crippen LogP contribution in [-0.2, 0) is 0 Å². The molecule has 1 radical (unpaired) electrons. The Kier molecular flexibility index (Phi) is 2.51. The fourth-order valence-corrected chi connectivity index (χ4v) is 1.36. The largest absolute Gasteiger partial charge is 0.547 e. The molecule has 1 nitrogen and oxygen atoms in total. The highest BCUT2D eigenvalue weighted by molar-refractivity contribution is 6.49. The van der Waals surface area contributed by atoms with E-state index in [-0.39, 0.29) is 0 Å². The summed E-state index contributed by atoms with van der Waals surface area (Å²) in [4.78, 5) is 0. The Labute approximate surface area is 63.4 Å². The molecule has 1 rings (SSSR count). The minimum Gasteiger partial charge on any atom is -0.547 e. The number of hydrogen-bond donors (Lipinski definition) is 0. The molecule has 2 heteroatoms. The molecule has 1 aromatic rings. The molecule has 0 saturated heterocycles. The summed E-state index contributed by atoms with van der Waals surface area (Å²) < 4.78 is 5.50. The van der Waals surface area contributed by atoms with Crippen molar-refractivity contribution in [1.82, 2.24) is 0 Å². The lowest BCUT2D eigenvalue weighted by molar-refractivity contribution is 0.579. The van der Waals surface area contributed by atoms with Gasteiger partial charge in [-0.1, -0.05) is 18.2 Å². The van der Waals surface area contributed by atoms with Gasteiger partial charge in [0.2, 0.25) is 9.04 Å². The van der Waals surface area contributed by atoms with Crippen LogP contribution < -0.4 is 4.43 Å². The van der Waals surface area contributed by atoms with E-state index in [9.17, 15) is 0 Å². The van der Waals surface area contributed by atoms with Crippen LogP contribution in [0.5, 0.6) is 5.75 Å². The maximum atomic E-state index is 5.50. The first kappa shape index (κ1) is 7.35. The fourth-order valence-electron chi connectivity index (χ4n) is 0.704. The second-order valence-corrected chi connectivity index (χ2v) is 4.73. The van der Waals surface area contributed by atoms with Gasteiger partial charge in [-0.15, -0.1) is 0 Å². The Bertz CT molecular complexity index is 184. The summed E-state index contributed by atoms with van der Waals surface area (Å²) in [5.74, 6) is 0.879. The lowest BCUT2D eigenvalue weighted by atomic mass is 10.3. The summed E-state index contributed by atoms with van der Waals surface area (Å²) in [6.45, 7) is 4.28. The predicted octanol–water partition coefficient (Wildman–Crippen LogP) is 1.85. The third kappa shape index (κ3) is 2.23. The Hall–Kier alpha value is -0.763. The topological polar surface area (TPSA) is 9.23 Å². The summed E-state index contributed by atoms with van der Waals surface area (Å²) in [6.07, 6.45) is 0. The third-order valence-electron chi connectivity index (χ3n) is 1.04. The van der Waals surface area contributed by atoms with Gasteiger partial charge in [-0.3, -0.25) is 0 Å². The van der Waals surface area contributed by atoms with Crippen molar-refractivity contribution < 1.29 is 4.43 Å². The van der Waals surface area contributed by atoms with Crippen molar-refractivity contribution in [3.05, 3.63) is 30.3 Å². The molecule has 0 aliphatic carbocycles. The SMILES string of the molecule is C[SiH](C)Oc1[c]cccc1. The van der Waals surface area contributed by atoms with Crippen LogP contribution in [0.15, 0.2) is 24.3 Å². The van der Waals surface area contributed by atoms with Crippen LogP contribution in [0, 0.1) is 6.07 Å². The van der Waals surface area contributed by atoms with Gasteiger partial charge >= 0.3 is 0 Å². The van der Waals surface area contributed by atoms with E-state index in [0.29, 0.717) is 0 Å². The van der Waals surface area contributed by atoms with E-state index in [1.807, 2.05) is 24.3 Å². The monoisotopic (exact) mass is 151 g/mol. The van der Waals surface area contributed by atoms with Gasteiger partial charge in [-0.05, 0) is 19.2 Å². The van der Waals surface area contributed by atoms with E-state index in [4.69, 9.17) is 4.43 Å². The number of para-hydroxylation sites is 1. The fraction of sp³-hybridized carbons (Fsp3) is 0.250. The first-order chi connectivity index (χ1) is 4.79. The molecule has 0 aromatic heterocycles. The van der Waals surface area contributed by atoms with Crippen LogP contribution >= 0.6 is 0 Å². The summed E-state index contributed by atoms with van der Waals surface area (Å²) in [5, 5.41) is 0. The summed E-state index contributed by atoms with van der Waals surface area (Å²) in [5.41, 5.74) is 0. The molecule has 0 atom stereocenters. The quantitative estimate of drug-likeness (QED) is 0.586. The Balaban J connectivity index is 2.59. The summed E-state index contributed by atoms with van der Waals surface area (Å²) in [7, 11) is -0.928. The van der Waals surface area contributed by atoms with Crippen LogP contribution in [0.2, 0.25) is 13.1 Å². The summed E-state index contributed by atoms with van der Waals surface area (Å²) in [6, 6.07) is 10.7. The average Bonchev–Trinajstić information content (AvgIpc) is 1.88. The molecular weight excluding hydrogens is 140 g/mol. The zero-order valence-electron chi connectivity index (χ0n) is 6.29. The normalized spacial score (nSPS) is 9.90. The minimum atomic E-state index is -0.928. The second-order valence-electron chi connectivity index (χ2n) is 2.39. The first-order valence-electron chi connectivity index (χ1n) is 3.42. The Morgan fingerprint density at radius 1 is 1.40 bits per heavy atom. The van der Waals surface area contributed by atoms with E-state index in [2.05, 4.69) is 19.2 Å². The van der Waals surface area contributed by atoms with Gasteiger partial charge in [0.1, 0.15) is 5.75 Å². The molecule has 0 saturated carbocycles. The average molecular weight is 151 g/mol. The highest BCUT2D eigenvalue weighted by Gasteiger charge is 1.95. The molecule has 0 bridgehead atoms. The van der Waals surface area contributed by atoms with Crippen molar-refractivity contribution in [3.63, 3.8) is 0 Å². The Morgan fingerprint density at radius 2 is 2.20 bits per heavy atom. The van der Waals surface area contributed by atoms with Crippen LogP contribution in [-0.4, -0.2) is 9.04 Å². The van der Waals surface area contributed by atoms with Crippen LogP contribution in [0.1, 0.15) is 0 Å². The standard InChI is InChI=1S/C8H11OSi/c1-10(2)9-8-6-4-3-5-7-8/h3-6,10H,1-2H3. The van der Waals surface area contributed by atoms with Gasteiger partial charge in [0.05, 0.1) is 0 Å². The maximum Gasteiger partial charge on any atom is 0.229 e. The van der Waals surface area contributed by atoms with Gasteiger partial charge in [-0.2, -0.15) is 0 Å². The van der Waals surface area contributed by atoms with Crippen molar-refractivity contribution >= 4 is 9.04 Å². The second kappa shape index (κ2) is 3.42. The highest BCUT2D eigenvalue weighted by Crippen LogP contribution is 2.07. The summed E-state index contributed by atoms with van der Waals surface area (Å²) >= 11 is 0. The van der Waals surface area contributed by atoms with Crippen molar-refractivity contribution in [3.8, 4) is 5.75 Å². The molecule has 1 aromatic carbocycles. The van der Waals surface area contributed by atoms with Crippen molar-refractivity contribution in [2.45, 2.75) is 13.1 Å². The molecule has 0 spiro atoms. The lowest BCUT2D eigenvalue weighted by Gasteiger charge is -2.06. The van der Waals surface area contributed by atoms with E-state index in [1.165, 1.54) is 0 Å². The Morgan fingerprint density at radius 3 is 2.70 bits per heavy atom.